The number of hydrogen-bond acceptors (Lipinski definition) is 4. The second-order valence-electron chi connectivity index (χ2n) is 3.31. The molecule has 0 radical (unpaired) electrons. The predicted octanol–water partition coefficient (Wildman–Crippen LogP) is 1.94. The van der Waals surface area contributed by atoms with Gasteiger partial charge in [0.25, 0.3) is 0 Å². The number of rotatable bonds is 0. The summed E-state index contributed by atoms with van der Waals surface area (Å²) in [4.78, 5) is 8.27. The number of aromatic nitrogens is 2. The summed E-state index contributed by atoms with van der Waals surface area (Å²) in [5.74, 6) is 0.859. The minimum Gasteiger partial charge on any atom is -0.740 e. The first-order valence-electron chi connectivity index (χ1n) is 4.60. The predicted molar refractivity (Wildman–Crippen MR) is 57.4 cm³/mol. The summed E-state index contributed by atoms with van der Waals surface area (Å²) in [5, 5.41) is 0.380. The molecule has 0 unspecified atom stereocenters. The summed E-state index contributed by atoms with van der Waals surface area (Å²) >= 11 is 4.96. The van der Waals surface area contributed by atoms with Crippen LogP contribution < -0.4 is 4.74 Å². The molecule has 0 saturated carbocycles. The Hall–Kier alpha value is -1.68. The Kier molecular flexibility index (Phi) is 1.82. The van der Waals surface area contributed by atoms with Gasteiger partial charge in [0, 0.05) is 22.5 Å². The van der Waals surface area contributed by atoms with Crippen molar-refractivity contribution in [3.63, 3.8) is 0 Å². The van der Waals surface area contributed by atoms with E-state index in [9.17, 15) is 0 Å². The second kappa shape index (κ2) is 3.17. The average Bonchev–Trinajstić information content (AvgIpc) is 2.29. The molecule has 0 fully saturated rings. The van der Waals surface area contributed by atoms with Gasteiger partial charge in [-0.25, -0.2) is 0 Å². The van der Waals surface area contributed by atoms with E-state index in [0.717, 1.165) is 22.6 Å². The summed E-state index contributed by atoms with van der Waals surface area (Å²) in [7, 11) is 0. The molecule has 0 aliphatic carbocycles. The first-order valence-corrected chi connectivity index (χ1v) is 5.00. The van der Waals surface area contributed by atoms with E-state index in [2.05, 4.69) is 9.97 Å². The van der Waals surface area contributed by atoms with Gasteiger partial charge >= 0.3 is 0 Å². The maximum absolute atomic E-state index is 5.58. The van der Waals surface area contributed by atoms with Crippen LogP contribution in [-0.2, 0) is 19.2 Å². The van der Waals surface area contributed by atoms with Gasteiger partial charge in [0.15, 0.2) is 0 Å². The molecule has 4 heteroatoms. The van der Waals surface area contributed by atoms with Crippen LogP contribution in [0.25, 0.3) is 11.3 Å². The van der Waals surface area contributed by atoms with E-state index in [1.54, 1.807) is 6.20 Å². The average molecular weight is 215 g/mol. The first-order chi connectivity index (χ1) is 7.34. The van der Waals surface area contributed by atoms with E-state index in [-0.39, 0.29) is 0 Å². The third-order valence-electron chi connectivity index (χ3n) is 2.37. The zero-order valence-electron chi connectivity index (χ0n) is 7.80. The van der Waals surface area contributed by atoms with Gasteiger partial charge in [-0.3, -0.25) is 9.97 Å². The SMILES string of the molecule is [S-]c1ncc2c(n1)-c1ccccc1OC2. The van der Waals surface area contributed by atoms with Gasteiger partial charge < -0.3 is 17.4 Å². The monoisotopic (exact) mass is 215 g/mol. The highest BCUT2D eigenvalue weighted by Crippen LogP contribution is 2.35. The summed E-state index contributed by atoms with van der Waals surface area (Å²) < 4.78 is 5.58. The summed E-state index contributed by atoms with van der Waals surface area (Å²) in [6.07, 6.45) is 1.74. The molecule has 1 aromatic carbocycles. The first kappa shape index (κ1) is 8.61. The van der Waals surface area contributed by atoms with Crippen LogP contribution in [0.15, 0.2) is 35.6 Å². The third-order valence-corrected chi connectivity index (χ3v) is 2.56. The largest absolute Gasteiger partial charge is 0.740 e. The van der Waals surface area contributed by atoms with Crippen molar-refractivity contribution >= 4 is 12.6 Å². The molecule has 0 bridgehead atoms. The van der Waals surface area contributed by atoms with Crippen LogP contribution in [0.4, 0.5) is 0 Å². The Morgan fingerprint density at radius 1 is 1.27 bits per heavy atom. The molecule has 0 atom stereocenters. The fourth-order valence-corrected chi connectivity index (χ4v) is 1.82. The second-order valence-corrected chi connectivity index (χ2v) is 3.68. The van der Waals surface area contributed by atoms with Crippen molar-refractivity contribution in [2.24, 2.45) is 0 Å². The molecular weight excluding hydrogens is 208 g/mol. The van der Waals surface area contributed by atoms with Gasteiger partial charge in [0.2, 0.25) is 0 Å². The van der Waals surface area contributed by atoms with Crippen molar-refractivity contribution in [1.82, 2.24) is 9.97 Å². The molecule has 1 aromatic heterocycles. The molecule has 0 saturated heterocycles. The van der Waals surface area contributed by atoms with Gasteiger partial charge in [0.1, 0.15) is 12.4 Å². The Balaban J connectivity index is 2.28. The minimum absolute atomic E-state index is 0.380. The zero-order valence-corrected chi connectivity index (χ0v) is 8.62. The number of para-hydroxylation sites is 1. The maximum atomic E-state index is 5.58. The topological polar surface area (TPSA) is 35.0 Å². The Labute approximate surface area is 92.6 Å². The van der Waals surface area contributed by atoms with Gasteiger partial charge in [-0.05, 0) is 12.1 Å². The highest BCUT2D eigenvalue weighted by Gasteiger charge is 2.17. The summed E-state index contributed by atoms with van der Waals surface area (Å²) in [6.45, 7) is 0.516. The van der Waals surface area contributed by atoms with Crippen LogP contribution in [0, 0.1) is 0 Å². The fraction of sp³-hybridized carbons (Fsp3) is 0.0909. The van der Waals surface area contributed by atoms with Crippen LogP contribution in [-0.4, -0.2) is 9.97 Å². The van der Waals surface area contributed by atoms with Gasteiger partial charge in [-0.2, -0.15) is 0 Å². The molecule has 2 heterocycles. The van der Waals surface area contributed by atoms with Crippen molar-refractivity contribution in [3.05, 3.63) is 36.0 Å². The fourth-order valence-electron chi connectivity index (χ4n) is 1.67. The van der Waals surface area contributed by atoms with Gasteiger partial charge in [-0.1, -0.05) is 12.1 Å². The van der Waals surface area contributed by atoms with Crippen LogP contribution in [0.1, 0.15) is 5.56 Å². The lowest BCUT2D eigenvalue weighted by Crippen LogP contribution is -2.08. The van der Waals surface area contributed by atoms with Crippen molar-refractivity contribution < 1.29 is 4.74 Å². The smallest absolute Gasteiger partial charge is 0.129 e. The molecular formula is C11H7N2OS-. The normalized spacial score (nSPS) is 12.5. The molecule has 2 aromatic rings. The lowest BCUT2D eigenvalue weighted by Gasteiger charge is -2.20. The number of hydrogen-bond donors (Lipinski definition) is 0. The van der Waals surface area contributed by atoms with Crippen LogP contribution in [0.3, 0.4) is 0 Å². The van der Waals surface area contributed by atoms with Crippen molar-refractivity contribution in [2.75, 3.05) is 0 Å². The Morgan fingerprint density at radius 2 is 2.13 bits per heavy atom. The molecule has 0 amide bonds. The number of nitrogens with zero attached hydrogens (tertiary/aromatic N) is 2. The van der Waals surface area contributed by atoms with E-state index in [1.807, 2.05) is 24.3 Å². The zero-order chi connectivity index (χ0) is 10.3. The lowest BCUT2D eigenvalue weighted by molar-refractivity contribution is 0.300. The van der Waals surface area contributed by atoms with Crippen LogP contribution >= 0.6 is 0 Å². The molecule has 3 nitrogen and oxygen atoms in total. The molecule has 1 aliphatic heterocycles. The molecule has 0 N–H and O–H groups in total. The summed E-state index contributed by atoms with van der Waals surface area (Å²) in [5.41, 5.74) is 2.88. The van der Waals surface area contributed by atoms with Gasteiger partial charge in [0.05, 0.1) is 5.69 Å². The Bertz CT molecular complexity index is 528. The number of benzene rings is 1. The van der Waals surface area contributed by atoms with Crippen molar-refractivity contribution in [1.29, 1.82) is 0 Å². The highest BCUT2D eigenvalue weighted by molar-refractivity contribution is 7.58. The van der Waals surface area contributed by atoms with E-state index >= 15 is 0 Å². The van der Waals surface area contributed by atoms with E-state index in [4.69, 9.17) is 17.4 Å². The lowest BCUT2D eigenvalue weighted by atomic mass is 10.0. The van der Waals surface area contributed by atoms with Crippen molar-refractivity contribution in [3.8, 4) is 17.0 Å². The van der Waals surface area contributed by atoms with Gasteiger partial charge in [-0.15, -0.1) is 0 Å². The summed E-state index contributed by atoms with van der Waals surface area (Å²) in [6, 6.07) is 7.82. The quantitative estimate of drug-likeness (QED) is 0.497. The molecule has 3 rings (SSSR count). The molecule has 0 spiro atoms. The molecule has 15 heavy (non-hydrogen) atoms. The third kappa shape index (κ3) is 1.34. The van der Waals surface area contributed by atoms with Crippen LogP contribution in [0.2, 0.25) is 0 Å². The maximum Gasteiger partial charge on any atom is 0.129 e. The minimum atomic E-state index is 0.380. The highest BCUT2D eigenvalue weighted by atomic mass is 32.1. The molecule has 1 aliphatic rings. The standard InChI is InChI=1S/C11H8N2OS/c15-11-12-5-7-6-14-9-4-2-1-3-8(9)10(7)13-11/h1-5H,6H2,(H,12,13,15)/p-1. The van der Waals surface area contributed by atoms with E-state index < -0.39 is 0 Å². The van der Waals surface area contributed by atoms with E-state index in [1.165, 1.54) is 0 Å². The van der Waals surface area contributed by atoms with Crippen LogP contribution in [0.5, 0.6) is 5.75 Å². The molecule has 74 valence electrons. The number of fused-ring (bicyclic) bond motifs is 3. The van der Waals surface area contributed by atoms with Crippen molar-refractivity contribution in [2.45, 2.75) is 11.8 Å². The Morgan fingerprint density at radius 3 is 3.07 bits per heavy atom. The van der Waals surface area contributed by atoms with E-state index in [0.29, 0.717) is 11.8 Å². The number of ether oxygens (including phenoxy) is 1.